The van der Waals surface area contributed by atoms with Gasteiger partial charge in [-0.05, 0) is 43.4 Å². The van der Waals surface area contributed by atoms with Gasteiger partial charge in [0.25, 0.3) is 0 Å². The summed E-state index contributed by atoms with van der Waals surface area (Å²) in [5, 5.41) is 0. The van der Waals surface area contributed by atoms with Crippen LogP contribution in [0.15, 0.2) is 24.3 Å². The molecule has 1 amide bonds. The van der Waals surface area contributed by atoms with Crippen LogP contribution in [0.25, 0.3) is 0 Å². The van der Waals surface area contributed by atoms with Gasteiger partial charge in [-0.1, -0.05) is 12.1 Å². The molecule has 1 saturated heterocycles. The number of nitrogens with zero attached hydrogens (tertiary/aromatic N) is 1. The van der Waals surface area contributed by atoms with Crippen LogP contribution in [0, 0.1) is 5.92 Å². The van der Waals surface area contributed by atoms with Gasteiger partial charge in [0.15, 0.2) is 0 Å². The Balaban J connectivity index is 0.00000264. The van der Waals surface area contributed by atoms with Gasteiger partial charge in [-0.2, -0.15) is 0 Å². The highest BCUT2D eigenvalue weighted by atomic mass is 35.5. The van der Waals surface area contributed by atoms with Gasteiger partial charge in [-0.25, -0.2) is 0 Å². The third-order valence-corrected chi connectivity index (χ3v) is 4.09. The normalized spacial score (nSPS) is 16.3. The fraction of sp³-hybridized carbons (Fsp3) is 0.588. The fourth-order valence-electron chi connectivity index (χ4n) is 2.74. The van der Waals surface area contributed by atoms with E-state index in [4.69, 9.17) is 15.2 Å². The molecular formula is C17H27ClN2O3. The molecule has 1 fully saturated rings. The van der Waals surface area contributed by atoms with Gasteiger partial charge in [-0.3, -0.25) is 4.79 Å². The molecule has 0 radical (unpaired) electrons. The summed E-state index contributed by atoms with van der Waals surface area (Å²) in [6.45, 7) is 4.57. The van der Waals surface area contributed by atoms with E-state index >= 15 is 0 Å². The molecule has 1 unspecified atom stereocenters. The molecule has 1 aromatic carbocycles. The quantitative estimate of drug-likeness (QED) is 0.861. The molecule has 2 rings (SSSR count). The minimum Gasteiger partial charge on any atom is -0.494 e. The Morgan fingerprint density at radius 3 is 2.52 bits per heavy atom. The predicted molar refractivity (Wildman–Crippen MR) is 92.9 cm³/mol. The summed E-state index contributed by atoms with van der Waals surface area (Å²) in [5.41, 5.74) is 7.21. The standard InChI is InChI=1S/C17H26N2O3.ClH/c1-3-22-15-6-4-13(5-7-15)12-19(2)17(20)16(18)14-8-10-21-11-9-14;/h4-7,14,16H,3,8-12,18H2,1-2H3;1H. The van der Waals surface area contributed by atoms with Crippen LogP contribution < -0.4 is 10.5 Å². The van der Waals surface area contributed by atoms with Crippen LogP contribution in [0.1, 0.15) is 25.3 Å². The summed E-state index contributed by atoms with van der Waals surface area (Å²) < 4.78 is 10.7. The number of halogens is 1. The Hall–Kier alpha value is -1.30. The van der Waals surface area contributed by atoms with Crippen LogP contribution in [0.2, 0.25) is 0 Å². The molecule has 1 aliphatic heterocycles. The molecule has 23 heavy (non-hydrogen) atoms. The molecule has 1 atom stereocenters. The molecule has 1 aromatic rings. The monoisotopic (exact) mass is 342 g/mol. The minimum absolute atomic E-state index is 0. The number of amides is 1. The van der Waals surface area contributed by atoms with E-state index in [1.807, 2.05) is 31.2 Å². The Labute approximate surface area is 144 Å². The number of benzene rings is 1. The second-order valence-corrected chi connectivity index (χ2v) is 5.75. The highest BCUT2D eigenvalue weighted by Gasteiger charge is 2.28. The molecule has 1 aliphatic rings. The highest BCUT2D eigenvalue weighted by Crippen LogP contribution is 2.19. The molecule has 6 heteroatoms. The molecule has 0 aliphatic carbocycles. The lowest BCUT2D eigenvalue weighted by molar-refractivity contribution is -0.133. The lowest BCUT2D eigenvalue weighted by Gasteiger charge is -2.29. The first kappa shape index (κ1) is 19.7. The van der Waals surface area contributed by atoms with Crippen molar-refractivity contribution in [3.8, 4) is 5.75 Å². The molecule has 0 spiro atoms. The van der Waals surface area contributed by atoms with E-state index in [1.165, 1.54) is 0 Å². The van der Waals surface area contributed by atoms with Gasteiger partial charge in [-0.15, -0.1) is 12.4 Å². The number of carbonyl (C=O) groups is 1. The molecular weight excluding hydrogens is 316 g/mol. The Kier molecular flexibility index (Phi) is 8.37. The van der Waals surface area contributed by atoms with E-state index in [0.29, 0.717) is 26.4 Å². The van der Waals surface area contributed by atoms with Gasteiger partial charge in [0.05, 0.1) is 12.6 Å². The second kappa shape index (κ2) is 9.75. The zero-order chi connectivity index (χ0) is 15.9. The van der Waals surface area contributed by atoms with Crippen molar-refractivity contribution in [1.29, 1.82) is 0 Å². The summed E-state index contributed by atoms with van der Waals surface area (Å²) in [6.07, 6.45) is 1.73. The number of carbonyl (C=O) groups excluding carboxylic acids is 1. The molecule has 0 saturated carbocycles. The number of ether oxygens (including phenoxy) is 2. The summed E-state index contributed by atoms with van der Waals surface area (Å²) in [4.78, 5) is 14.2. The van der Waals surface area contributed by atoms with Gasteiger partial charge in [0.1, 0.15) is 5.75 Å². The smallest absolute Gasteiger partial charge is 0.239 e. The van der Waals surface area contributed by atoms with Crippen LogP contribution in [-0.2, 0) is 16.1 Å². The van der Waals surface area contributed by atoms with E-state index in [0.717, 1.165) is 24.2 Å². The number of nitrogens with two attached hydrogens (primary N) is 1. The predicted octanol–water partition coefficient (Wildman–Crippen LogP) is 2.22. The zero-order valence-corrected chi connectivity index (χ0v) is 14.7. The van der Waals surface area contributed by atoms with Crippen LogP contribution in [0.3, 0.4) is 0 Å². The first-order valence-corrected chi connectivity index (χ1v) is 7.92. The third-order valence-electron chi connectivity index (χ3n) is 4.09. The topological polar surface area (TPSA) is 64.8 Å². The van der Waals surface area contributed by atoms with Crippen molar-refractivity contribution >= 4 is 18.3 Å². The molecule has 1 heterocycles. The second-order valence-electron chi connectivity index (χ2n) is 5.75. The Morgan fingerprint density at radius 2 is 1.96 bits per heavy atom. The van der Waals surface area contributed by atoms with Crippen LogP contribution >= 0.6 is 12.4 Å². The van der Waals surface area contributed by atoms with Gasteiger partial charge in [0.2, 0.25) is 5.91 Å². The number of rotatable bonds is 6. The first-order valence-electron chi connectivity index (χ1n) is 7.92. The number of hydrogen-bond donors (Lipinski definition) is 1. The van der Waals surface area contributed by atoms with Crippen molar-refractivity contribution in [2.75, 3.05) is 26.9 Å². The van der Waals surface area contributed by atoms with E-state index in [-0.39, 0.29) is 24.2 Å². The van der Waals surface area contributed by atoms with Crippen LogP contribution in [0.5, 0.6) is 5.75 Å². The SMILES string of the molecule is CCOc1ccc(CN(C)C(=O)C(N)C2CCOCC2)cc1.Cl. The van der Waals surface area contributed by atoms with Crippen molar-refractivity contribution < 1.29 is 14.3 Å². The Morgan fingerprint density at radius 1 is 1.35 bits per heavy atom. The zero-order valence-electron chi connectivity index (χ0n) is 13.9. The summed E-state index contributed by atoms with van der Waals surface area (Å²) in [5.74, 6) is 1.07. The summed E-state index contributed by atoms with van der Waals surface area (Å²) in [6, 6.07) is 7.38. The fourth-order valence-corrected chi connectivity index (χ4v) is 2.74. The van der Waals surface area contributed by atoms with E-state index < -0.39 is 6.04 Å². The average Bonchev–Trinajstić information content (AvgIpc) is 2.56. The van der Waals surface area contributed by atoms with Crippen molar-refractivity contribution in [3.63, 3.8) is 0 Å². The molecule has 0 bridgehead atoms. The average molecular weight is 343 g/mol. The molecule has 5 nitrogen and oxygen atoms in total. The number of likely N-dealkylation sites (N-methyl/N-ethyl adjacent to an activating group) is 1. The third kappa shape index (κ3) is 5.68. The van der Waals surface area contributed by atoms with Crippen molar-refractivity contribution in [3.05, 3.63) is 29.8 Å². The van der Waals surface area contributed by atoms with Gasteiger partial charge >= 0.3 is 0 Å². The summed E-state index contributed by atoms with van der Waals surface area (Å²) >= 11 is 0. The van der Waals surface area contributed by atoms with Crippen LogP contribution in [0.4, 0.5) is 0 Å². The lowest BCUT2D eigenvalue weighted by Crippen LogP contribution is -2.47. The summed E-state index contributed by atoms with van der Waals surface area (Å²) in [7, 11) is 1.80. The van der Waals surface area contributed by atoms with E-state index in [1.54, 1.807) is 11.9 Å². The molecule has 0 aromatic heterocycles. The maximum absolute atomic E-state index is 12.5. The molecule has 2 N–H and O–H groups in total. The molecule has 130 valence electrons. The highest BCUT2D eigenvalue weighted by molar-refractivity contribution is 5.85. The van der Waals surface area contributed by atoms with Crippen molar-refractivity contribution in [1.82, 2.24) is 4.90 Å². The maximum Gasteiger partial charge on any atom is 0.239 e. The minimum atomic E-state index is -0.434. The van der Waals surface area contributed by atoms with E-state index in [2.05, 4.69) is 0 Å². The van der Waals surface area contributed by atoms with Gasteiger partial charge < -0.3 is 20.1 Å². The van der Waals surface area contributed by atoms with Crippen molar-refractivity contribution in [2.45, 2.75) is 32.4 Å². The number of hydrogen-bond acceptors (Lipinski definition) is 4. The van der Waals surface area contributed by atoms with E-state index in [9.17, 15) is 4.79 Å². The van der Waals surface area contributed by atoms with Crippen LogP contribution in [-0.4, -0.2) is 43.7 Å². The van der Waals surface area contributed by atoms with Gasteiger partial charge in [0, 0.05) is 26.8 Å². The lowest BCUT2D eigenvalue weighted by atomic mass is 9.91. The maximum atomic E-state index is 12.5. The van der Waals surface area contributed by atoms with Crippen molar-refractivity contribution in [2.24, 2.45) is 11.7 Å². The Bertz CT molecular complexity index is 475. The largest absolute Gasteiger partial charge is 0.494 e. The first-order chi connectivity index (χ1) is 10.6.